The Morgan fingerprint density at radius 3 is 2.39 bits per heavy atom. The molecule has 0 fully saturated rings. The number of aromatic nitrogens is 1. The highest BCUT2D eigenvalue weighted by Crippen LogP contribution is 2.28. The number of phenols is 1. The molecule has 0 aliphatic rings. The van der Waals surface area contributed by atoms with Crippen molar-refractivity contribution in [3.63, 3.8) is 0 Å². The molecule has 0 aliphatic heterocycles. The van der Waals surface area contributed by atoms with E-state index < -0.39 is 29.8 Å². The van der Waals surface area contributed by atoms with Crippen LogP contribution < -0.4 is 5.32 Å². The van der Waals surface area contributed by atoms with Gasteiger partial charge in [-0.1, -0.05) is 12.1 Å². The summed E-state index contributed by atoms with van der Waals surface area (Å²) in [4.78, 5) is 38.4. The number of amides is 1. The minimum atomic E-state index is -2.51. The van der Waals surface area contributed by atoms with Crippen molar-refractivity contribution in [3.05, 3.63) is 36.0 Å². The molecule has 0 unspecified atom stereocenters. The minimum Gasteiger partial charge on any atom is -0.506 e. The van der Waals surface area contributed by atoms with E-state index in [1.165, 1.54) is 18.3 Å². The molecule has 1 aromatic carbocycles. The topological polar surface area (TPSA) is 137 Å². The smallest absolute Gasteiger partial charge is 0.341 e. The van der Waals surface area contributed by atoms with E-state index in [0.29, 0.717) is 10.9 Å². The molecule has 0 spiro atoms. The van der Waals surface area contributed by atoms with Gasteiger partial charge >= 0.3 is 11.9 Å². The van der Waals surface area contributed by atoms with Crippen LogP contribution >= 0.6 is 0 Å². The number of aromatic hydroxyl groups is 1. The summed E-state index contributed by atoms with van der Waals surface area (Å²) < 4.78 is 0. The summed E-state index contributed by atoms with van der Waals surface area (Å²) in [5.74, 6) is -4.27. The van der Waals surface area contributed by atoms with Crippen LogP contribution in [0, 0.1) is 0 Å². The first-order valence-electron chi connectivity index (χ1n) is 6.59. The van der Waals surface area contributed by atoms with E-state index in [1.807, 2.05) is 5.32 Å². The SMILES string of the molecule is CC(=O)NC(Cc1ccc(O)c2ncccc12)(C(=O)O)C(=O)O. The van der Waals surface area contributed by atoms with Crippen LogP contribution in [0.5, 0.6) is 5.75 Å². The second-order valence-electron chi connectivity index (χ2n) is 5.02. The fourth-order valence-electron chi connectivity index (χ4n) is 2.35. The molecule has 23 heavy (non-hydrogen) atoms. The molecule has 1 aromatic heterocycles. The summed E-state index contributed by atoms with van der Waals surface area (Å²) in [6.07, 6.45) is 0.945. The monoisotopic (exact) mass is 318 g/mol. The van der Waals surface area contributed by atoms with E-state index in [9.17, 15) is 29.7 Å². The van der Waals surface area contributed by atoms with Crippen molar-refractivity contribution in [2.75, 3.05) is 0 Å². The van der Waals surface area contributed by atoms with E-state index >= 15 is 0 Å². The van der Waals surface area contributed by atoms with Gasteiger partial charge in [0.25, 0.3) is 0 Å². The molecule has 120 valence electrons. The van der Waals surface area contributed by atoms with Gasteiger partial charge in [-0.2, -0.15) is 0 Å². The van der Waals surface area contributed by atoms with E-state index in [4.69, 9.17) is 0 Å². The highest BCUT2D eigenvalue weighted by atomic mass is 16.4. The van der Waals surface area contributed by atoms with E-state index in [0.717, 1.165) is 6.92 Å². The molecule has 0 saturated heterocycles. The van der Waals surface area contributed by atoms with E-state index in [1.54, 1.807) is 12.1 Å². The van der Waals surface area contributed by atoms with Crippen LogP contribution in [0.25, 0.3) is 10.9 Å². The first kappa shape index (κ1) is 16.2. The molecular weight excluding hydrogens is 304 g/mol. The molecule has 0 bridgehead atoms. The number of carboxylic acids is 2. The van der Waals surface area contributed by atoms with Gasteiger partial charge in [0.2, 0.25) is 11.4 Å². The zero-order valence-electron chi connectivity index (χ0n) is 12.1. The summed E-state index contributed by atoms with van der Waals surface area (Å²) in [5.41, 5.74) is -1.96. The first-order chi connectivity index (χ1) is 10.8. The molecule has 1 heterocycles. The normalized spacial score (nSPS) is 11.2. The van der Waals surface area contributed by atoms with Gasteiger partial charge in [0.05, 0.1) is 0 Å². The van der Waals surface area contributed by atoms with Crippen molar-refractivity contribution < 1.29 is 29.7 Å². The molecule has 0 saturated carbocycles. The lowest BCUT2D eigenvalue weighted by molar-refractivity contribution is -0.161. The average molecular weight is 318 g/mol. The van der Waals surface area contributed by atoms with Gasteiger partial charge in [-0.25, -0.2) is 9.59 Å². The van der Waals surface area contributed by atoms with E-state index in [2.05, 4.69) is 4.98 Å². The number of benzene rings is 1. The molecule has 0 aliphatic carbocycles. The quantitative estimate of drug-likeness (QED) is 0.590. The Morgan fingerprint density at radius 1 is 1.17 bits per heavy atom. The lowest BCUT2D eigenvalue weighted by atomic mass is 9.88. The molecule has 8 heteroatoms. The minimum absolute atomic E-state index is 0.111. The Labute approximate surface area is 130 Å². The number of aliphatic carboxylic acids is 2. The molecule has 2 rings (SSSR count). The van der Waals surface area contributed by atoms with Crippen molar-refractivity contribution >= 4 is 28.7 Å². The molecule has 4 N–H and O–H groups in total. The Bertz CT molecular complexity index is 788. The fourth-order valence-corrected chi connectivity index (χ4v) is 2.35. The largest absolute Gasteiger partial charge is 0.506 e. The summed E-state index contributed by atoms with van der Waals surface area (Å²) in [5, 5.41) is 30.9. The van der Waals surface area contributed by atoms with E-state index in [-0.39, 0.29) is 11.3 Å². The van der Waals surface area contributed by atoms with Crippen LogP contribution in [0.1, 0.15) is 12.5 Å². The lowest BCUT2D eigenvalue weighted by Crippen LogP contribution is -2.61. The number of carbonyl (C=O) groups excluding carboxylic acids is 1. The Kier molecular flexibility index (Phi) is 4.17. The van der Waals surface area contributed by atoms with Gasteiger partial charge in [0.15, 0.2) is 0 Å². The maximum atomic E-state index is 11.5. The zero-order valence-corrected chi connectivity index (χ0v) is 12.1. The number of nitrogens with one attached hydrogen (secondary N) is 1. The van der Waals surface area contributed by atoms with Gasteiger partial charge in [-0.3, -0.25) is 9.78 Å². The number of nitrogens with zero attached hydrogens (tertiary/aromatic N) is 1. The second-order valence-corrected chi connectivity index (χ2v) is 5.02. The summed E-state index contributed by atoms with van der Waals surface area (Å²) in [6.45, 7) is 1.04. The fraction of sp³-hybridized carbons (Fsp3) is 0.200. The number of hydrogen-bond acceptors (Lipinski definition) is 5. The van der Waals surface area contributed by atoms with Gasteiger partial charge in [-0.15, -0.1) is 0 Å². The molecule has 0 radical (unpaired) electrons. The predicted octanol–water partition coefficient (Wildman–Crippen LogP) is 0.527. The van der Waals surface area contributed by atoms with Gasteiger partial charge < -0.3 is 20.6 Å². The number of hydrogen-bond donors (Lipinski definition) is 4. The van der Waals surface area contributed by atoms with Crippen LogP contribution in [0.15, 0.2) is 30.5 Å². The van der Waals surface area contributed by atoms with Gasteiger partial charge in [0, 0.05) is 24.9 Å². The van der Waals surface area contributed by atoms with Crippen molar-refractivity contribution in [1.29, 1.82) is 0 Å². The molecule has 8 nitrogen and oxygen atoms in total. The highest BCUT2D eigenvalue weighted by molar-refractivity contribution is 6.07. The van der Waals surface area contributed by atoms with Gasteiger partial charge in [0.1, 0.15) is 11.3 Å². The molecular formula is C15H14N2O6. The van der Waals surface area contributed by atoms with Crippen molar-refractivity contribution in [3.8, 4) is 5.75 Å². The molecule has 2 aromatic rings. The molecule has 0 atom stereocenters. The summed E-state index contributed by atoms with van der Waals surface area (Å²) in [7, 11) is 0. The lowest BCUT2D eigenvalue weighted by Gasteiger charge is -2.26. The third kappa shape index (κ3) is 2.91. The number of carbonyl (C=O) groups is 3. The first-order valence-corrected chi connectivity index (χ1v) is 6.59. The van der Waals surface area contributed by atoms with Crippen LogP contribution in [0.4, 0.5) is 0 Å². The number of rotatable bonds is 5. The van der Waals surface area contributed by atoms with Gasteiger partial charge in [-0.05, 0) is 17.7 Å². The Morgan fingerprint density at radius 2 is 1.83 bits per heavy atom. The maximum absolute atomic E-state index is 11.5. The number of fused-ring (bicyclic) bond motifs is 1. The third-order valence-electron chi connectivity index (χ3n) is 3.41. The van der Waals surface area contributed by atoms with Crippen molar-refractivity contribution in [2.45, 2.75) is 18.9 Å². The van der Waals surface area contributed by atoms with Crippen LogP contribution in [-0.4, -0.2) is 43.7 Å². The third-order valence-corrected chi connectivity index (χ3v) is 3.41. The van der Waals surface area contributed by atoms with Crippen LogP contribution in [-0.2, 0) is 20.8 Å². The highest BCUT2D eigenvalue weighted by Gasteiger charge is 2.48. The second kappa shape index (κ2) is 5.91. The van der Waals surface area contributed by atoms with Crippen LogP contribution in [0.2, 0.25) is 0 Å². The average Bonchev–Trinajstić information content (AvgIpc) is 2.48. The Hall–Kier alpha value is -3.16. The number of pyridine rings is 1. The number of phenolic OH excluding ortho intramolecular Hbond substituents is 1. The van der Waals surface area contributed by atoms with Crippen LogP contribution in [0.3, 0.4) is 0 Å². The van der Waals surface area contributed by atoms with Crippen molar-refractivity contribution in [2.24, 2.45) is 0 Å². The summed E-state index contributed by atoms with van der Waals surface area (Å²) in [6, 6.07) is 5.86. The van der Waals surface area contributed by atoms with Crippen molar-refractivity contribution in [1.82, 2.24) is 10.3 Å². The molecule has 1 amide bonds. The zero-order chi connectivity index (χ0) is 17.2. The maximum Gasteiger partial charge on any atom is 0.341 e. The summed E-state index contributed by atoms with van der Waals surface area (Å²) >= 11 is 0. The number of carboxylic acid groups (broad SMARTS) is 2. The standard InChI is InChI=1S/C15H14N2O6/c1-8(18)17-15(13(20)21,14(22)23)7-9-4-5-11(19)12-10(9)3-2-6-16-12/h2-6,19H,7H2,1H3,(H,17,18)(H,20,21)(H,22,23). The predicted molar refractivity (Wildman–Crippen MR) is 78.9 cm³/mol. The Balaban J connectivity index is 2.61.